The average molecular weight is 383 g/mol. The van der Waals surface area contributed by atoms with Crippen LogP contribution in [0, 0.1) is 6.92 Å². The second-order valence-electron chi connectivity index (χ2n) is 6.97. The molecule has 0 radical (unpaired) electrons. The van der Waals surface area contributed by atoms with Crippen LogP contribution in [0.15, 0.2) is 35.1 Å². The van der Waals surface area contributed by atoms with Gasteiger partial charge in [-0.05, 0) is 38.6 Å². The normalized spacial score (nSPS) is 12.8. The molecule has 0 spiro atoms. The summed E-state index contributed by atoms with van der Waals surface area (Å²) in [6, 6.07) is 8.90. The first kappa shape index (κ1) is 20.1. The number of nitrogens with one attached hydrogen (secondary N) is 1. The van der Waals surface area contributed by atoms with E-state index < -0.39 is 0 Å². The van der Waals surface area contributed by atoms with Gasteiger partial charge in [-0.15, -0.1) is 0 Å². The number of rotatable bonds is 8. The maximum absolute atomic E-state index is 13.1. The number of carbonyl (C=O) groups excluding carboxylic acids is 1. The zero-order chi connectivity index (χ0) is 20.3. The van der Waals surface area contributed by atoms with Crippen LogP contribution in [-0.4, -0.2) is 51.2 Å². The first-order valence-corrected chi connectivity index (χ1v) is 10.0. The maximum Gasteiger partial charge on any atom is 0.273 e. The van der Waals surface area contributed by atoms with Gasteiger partial charge in [0.2, 0.25) is 5.91 Å². The summed E-state index contributed by atoms with van der Waals surface area (Å²) < 4.78 is 3.86. The lowest BCUT2D eigenvalue weighted by Crippen LogP contribution is -2.39. The lowest BCUT2D eigenvalue weighted by atomic mass is 10.2. The predicted octanol–water partition coefficient (Wildman–Crippen LogP) is 2.37. The quantitative estimate of drug-likeness (QED) is 0.648. The van der Waals surface area contributed by atoms with Crippen molar-refractivity contribution in [2.45, 2.75) is 40.2 Å². The molecule has 0 aliphatic carbocycles. The molecule has 0 aliphatic heterocycles. The van der Waals surface area contributed by atoms with Crippen molar-refractivity contribution in [2.75, 3.05) is 26.2 Å². The summed E-state index contributed by atoms with van der Waals surface area (Å²) in [5.74, 6) is -0.0181. The number of hydrogen-bond donors (Lipinski definition) is 1. The van der Waals surface area contributed by atoms with E-state index in [1.807, 2.05) is 47.3 Å². The van der Waals surface area contributed by atoms with E-state index in [1.54, 1.807) is 0 Å². The maximum atomic E-state index is 13.1. The van der Waals surface area contributed by atoms with Crippen molar-refractivity contribution in [1.82, 2.24) is 24.4 Å². The summed E-state index contributed by atoms with van der Waals surface area (Å²) in [6.45, 7) is 11.5. The lowest BCUT2D eigenvalue weighted by Gasteiger charge is -2.22. The second kappa shape index (κ2) is 8.56. The number of para-hydroxylation sites is 1. The monoisotopic (exact) mass is 383 g/mol. The summed E-state index contributed by atoms with van der Waals surface area (Å²) in [6.07, 6.45) is 0.635. The fraction of sp³-hybridized carbons (Fsp3) is 0.476. The van der Waals surface area contributed by atoms with Crippen LogP contribution in [0.25, 0.3) is 16.6 Å². The zero-order valence-corrected chi connectivity index (χ0v) is 17.1. The van der Waals surface area contributed by atoms with Crippen molar-refractivity contribution < 1.29 is 4.79 Å². The molecule has 0 aliphatic rings. The number of aromatic nitrogens is 3. The third-order valence-electron chi connectivity index (χ3n) is 5.30. The Morgan fingerprint density at radius 2 is 1.93 bits per heavy atom. The van der Waals surface area contributed by atoms with Gasteiger partial charge in [-0.25, -0.2) is 4.52 Å². The third-order valence-corrected chi connectivity index (χ3v) is 5.30. The van der Waals surface area contributed by atoms with Crippen LogP contribution in [0.2, 0.25) is 0 Å². The van der Waals surface area contributed by atoms with Gasteiger partial charge in [0, 0.05) is 30.2 Å². The van der Waals surface area contributed by atoms with E-state index in [0.29, 0.717) is 18.6 Å². The van der Waals surface area contributed by atoms with Gasteiger partial charge < -0.3 is 10.2 Å². The lowest BCUT2D eigenvalue weighted by molar-refractivity contribution is -0.124. The minimum Gasteiger partial charge on any atom is -0.353 e. The van der Waals surface area contributed by atoms with Gasteiger partial charge >= 0.3 is 0 Å². The van der Waals surface area contributed by atoms with Gasteiger partial charge in [-0.2, -0.15) is 4.98 Å². The molecule has 1 amide bonds. The number of benzene rings is 1. The van der Waals surface area contributed by atoms with Gasteiger partial charge in [-0.1, -0.05) is 32.9 Å². The van der Waals surface area contributed by atoms with E-state index in [2.05, 4.69) is 29.0 Å². The van der Waals surface area contributed by atoms with Gasteiger partial charge in [0.25, 0.3) is 5.56 Å². The molecule has 7 nitrogen and oxygen atoms in total. The SMILES string of the molecule is CCC(C(=O)NCCN(CC)CC)n1c2ccccc2c2nc(=O)cc(C)n21. The Morgan fingerprint density at radius 1 is 1.21 bits per heavy atom. The molecule has 3 aromatic rings. The molecule has 3 rings (SSSR count). The van der Waals surface area contributed by atoms with E-state index in [9.17, 15) is 9.59 Å². The van der Waals surface area contributed by atoms with Crippen LogP contribution < -0.4 is 10.9 Å². The van der Waals surface area contributed by atoms with Crippen LogP contribution in [0.5, 0.6) is 0 Å². The molecule has 150 valence electrons. The topological polar surface area (TPSA) is 71.6 Å². The fourth-order valence-corrected chi connectivity index (χ4v) is 3.78. The molecule has 0 saturated carbocycles. The smallest absolute Gasteiger partial charge is 0.273 e. The van der Waals surface area contributed by atoms with Crippen molar-refractivity contribution >= 4 is 22.5 Å². The van der Waals surface area contributed by atoms with Crippen LogP contribution in [-0.2, 0) is 4.79 Å². The summed E-state index contributed by atoms with van der Waals surface area (Å²) in [5.41, 5.74) is 1.99. The first-order chi connectivity index (χ1) is 13.5. The van der Waals surface area contributed by atoms with Gasteiger partial charge in [0.05, 0.1) is 5.52 Å². The van der Waals surface area contributed by atoms with E-state index in [0.717, 1.165) is 36.2 Å². The molecule has 0 saturated heterocycles. The summed E-state index contributed by atoms with van der Waals surface area (Å²) in [7, 11) is 0. The summed E-state index contributed by atoms with van der Waals surface area (Å²) >= 11 is 0. The van der Waals surface area contributed by atoms with E-state index in [-0.39, 0.29) is 17.5 Å². The molecular formula is C21H29N5O2. The van der Waals surface area contributed by atoms with E-state index in [1.165, 1.54) is 6.07 Å². The minimum atomic E-state index is -0.387. The highest BCUT2D eigenvalue weighted by atomic mass is 16.2. The highest BCUT2D eigenvalue weighted by Gasteiger charge is 2.24. The van der Waals surface area contributed by atoms with Crippen molar-refractivity contribution in [3.8, 4) is 0 Å². The Bertz CT molecular complexity index is 1030. The molecule has 0 bridgehead atoms. The molecule has 2 aromatic heterocycles. The predicted molar refractivity (Wildman–Crippen MR) is 112 cm³/mol. The van der Waals surface area contributed by atoms with Gasteiger partial charge in [-0.3, -0.25) is 14.3 Å². The largest absolute Gasteiger partial charge is 0.353 e. The van der Waals surface area contributed by atoms with Gasteiger partial charge in [0.15, 0.2) is 5.65 Å². The molecule has 2 heterocycles. The molecule has 1 aromatic carbocycles. The number of likely N-dealkylation sites (N-methyl/N-ethyl adjacent to an activating group) is 1. The second-order valence-corrected chi connectivity index (χ2v) is 6.97. The Hall–Kier alpha value is -2.67. The van der Waals surface area contributed by atoms with E-state index in [4.69, 9.17) is 0 Å². The molecular weight excluding hydrogens is 354 g/mol. The number of amides is 1. The van der Waals surface area contributed by atoms with Crippen molar-refractivity contribution in [3.63, 3.8) is 0 Å². The van der Waals surface area contributed by atoms with E-state index >= 15 is 0 Å². The van der Waals surface area contributed by atoms with Crippen molar-refractivity contribution in [2.24, 2.45) is 0 Å². The number of hydrogen-bond acceptors (Lipinski definition) is 4. The van der Waals surface area contributed by atoms with Crippen LogP contribution in [0.3, 0.4) is 0 Å². The third kappa shape index (κ3) is 3.67. The fourth-order valence-electron chi connectivity index (χ4n) is 3.78. The molecule has 1 unspecified atom stereocenters. The first-order valence-electron chi connectivity index (χ1n) is 10.0. The minimum absolute atomic E-state index is 0.0181. The Balaban J connectivity index is 2.02. The molecule has 0 fully saturated rings. The number of nitrogens with zero attached hydrogens (tertiary/aromatic N) is 4. The number of fused-ring (bicyclic) bond motifs is 3. The average Bonchev–Trinajstić information content (AvgIpc) is 3.01. The molecule has 28 heavy (non-hydrogen) atoms. The summed E-state index contributed by atoms with van der Waals surface area (Å²) in [5, 5.41) is 3.96. The van der Waals surface area contributed by atoms with Gasteiger partial charge in [0.1, 0.15) is 6.04 Å². The Labute approximate surface area is 164 Å². The summed E-state index contributed by atoms with van der Waals surface area (Å²) in [4.78, 5) is 31.5. The van der Waals surface area contributed by atoms with Crippen LogP contribution in [0.4, 0.5) is 0 Å². The molecule has 1 N–H and O–H groups in total. The zero-order valence-electron chi connectivity index (χ0n) is 17.1. The molecule has 7 heteroatoms. The van der Waals surface area contributed by atoms with Crippen molar-refractivity contribution in [3.05, 3.63) is 46.4 Å². The van der Waals surface area contributed by atoms with Crippen molar-refractivity contribution in [1.29, 1.82) is 0 Å². The Morgan fingerprint density at radius 3 is 2.61 bits per heavy atom. The Kier molecular flexibility index (Phi) is 6.14. The highest BCUT2D eigenvalue weighted by Crippen LogP contribution is 2.26. The number of aryl methyl sites for hydroxylation is 1. The standard InChI is InChI=1S/C21H29N5O2/c1-5-17(21(28)22-12-13-24(6-2)7-3)26-18-11-9-8-10-16(18)20-23-19(27)14-15(4)25(20)26/h8-11,14,17H,5-7,12-13H2,1-4H3,(H,22,28). The van der Waals surface area contributed by atoms with Crippen LogP contribution >= 0.6 is 0 Å². The number of carbonyl (C=O) groups is 1. The molecule has 1 atom stereocenters. The highest BCUT2D eigenvalue weighted by molar-refractivity contribution is 5.94. The van der Waals surface area contributed by atoms with Crippen LogP contribution in [0.1, 0.15) is 38.9 Å².